The summed E-state index contributed by atoms with van der Waals surface area (Å²) in [4.78, 5) is 0. The van der Waals surface area contributed by atoms with Gasteiger partial charge >= 0.3 is 0 Å². The molecule has 0 spiro atoms. The van der Waals surface area contributed by atoms with Crippen LogP contribution >= 0.6 is 58.8 Å². The third-order valence-electron chi connectivity index (χ3n) is 2.78. The number of benzene rings is 2. The molecule has 2 nitrogen and oxygen atoms in total. The maximum Gasteiger partial charge on any atom is 0.138 e. The lowest BCUT2D eigenvalue weighted by Gasteiger charge is -2.10. The number of thiocarbonyl (C=S) groups is 1. The maximum absolute atomic E-state index is 6.11. The van der Waals surface area contributed by atoms with E-state index in [0.29, 0.717) is 25.1 Å². The highest BCUT2D eigenvalue weighted by Crippen LogP contribution is 2.33. The van der Waals surface area contributed by atoms with Gasteiger partial charge in [0.15, 0.2) is 0 Å². The van der Waals surface area contributed by atoms with Crippen LogP contribution < -0.4 is 10.1 Å². The monoisotopic (exact) mass is 391 g/mol. The maximum atomic E-state index is 6.11. The summed E-state index contributed by atoms with van der Waals surface area (Å²) in [6, 6.07) is 11.1. The summed E-state index contributed by atoms with van der Waals surface area (Å²) in [5, 5.41) is 4.38. The lowest BCUT2D eigenvalue weighted by molar-refractivity contribution is 0.414. The van der Waals surface area contributed by atoms with Gasteiger partial charge < -0.3 is 10.1 Å². The molecule has 0 aliphatic heterocycles. The Balaban J connectivity index is 1.94. The fourth-order valence-corrected chi connectivity index (χ4v) is 3.19. The van der Waals surface area contributed by atoms with Gasteiger partial charge in [0.25, 0.3) is 0 Å². The fourth-order valence-electron chi connectivity index (χ4n) is 1.64. The van der Waals surface area contributed by atoms with Gasteiger partial charge in [-0.3, -0.25) is 0 Å². The van der Waals surface area contributed by atoms with E-state index in [1.807, 2.05) is 24.3 Å². The Kier molecular flexibility index (Phi) is 6.66. The molecule has 0 saturated heterocycles. The number of hydrogen-bond acceptors (Lipinski definition) is 3. The zero-order chi connectivity index (χ0) is 16.1. The van der Waals surface area contributed by atoms with Crippen LogP contribution in [0.2, 0.25) is 15.1 Å². The first-order chi connectivity index (χ1) is 10.5. The largest absolute Gasteiger partial charge is 0.497 e. The smallest absolute Gasteiger partial charge is 0.138 e. The van der Waals surface area contributed by atoms with Gasteiger partial charge in [-0.05, 0) is 29.8 Å². The average Bonchev–Trinajstić information content (AvgIpc) is 2.51. The van der Waals surface area contributed by atoms with Gasteiger partial charge in [0.05, 0.1) is 27.9 Å². The van der Waals surface area contributed by atoms with Gasteiger partial charge in [-0.2, -0.15) is 0 Å². The van der Waals surface area contributed by atoms with Gasteiger partial charge in [-0.25, -0.2) is 0 Å². The van der Waals surface area contributed by atoms with Gasteiger partial charge in [0.2, 0.25) is 0 Å². The normalized spacial score (nSPS) is 10.4. The first-order valence-corrected chi connectivity index (χ1v) is 8.73. The van der Waals surface area contributed by atoms with Crippen LogP contribution in [0.5, 0.6) is 5.75 Å². The number of hydrogen-bond donors (Lipinski definition) is 1. The quantitative estimate of drug-likeness (QED) is 0.487. The summed E-state index contributed by atoms with van der Waals surface area (Å²) >= 11 is 24.8. The predicted octanol–water partition coefficient (Wildman–Crippen LogP) is 6.29. The van der Waals surface area contributed by atoms with Crippen molar-refractivity contribution in [3.63, 3.8) is 0 Å². The van der Waals surface area contributed by atoms with Crippen molar-refractivity contribution in [2.24, 2.45) is 0 Å². The standard InChI is InChI=1S/C15H12Cl3NOS2/c1-20-10-4-2-9(3-5-10)8-22-15(21)19-14-7-12(17)11(16)6-13(14)18/h2-7H,8H2,1H3,(H,19,21). The molecule has 0 unspecified atom stereocenters. The first kappa shape index (κ1) is 17.7. The summed E-state index contributed by atoms with van der Waals surface area (Å²) in [6.45, 7) is 0. The molecule has 0 atom stereocenters. The second kappa shape index (κ2) is 8.27. The Bertz CT molecular complexity index is 677. The van der Waals surface area contributed by atoms with E-state index >= 15 is 0 Å². The van der Waals surface area contributed by atoms with E-state index in [1.165, 1.54) is 11.8 Å². The third kappa shape index (κ3) is 4.93. The number of thioether (sulfide) groups is 1. The lowest BCUT2D eigenvalue weighted by atomic mass is 10.2. The molecule has 2 aromatic rings. The highest BCUT2D eigenvalue weighted by molar-refractivity contribution is 8.22. The summed E-state index contributed by atoms with van der Waals surface area (Å²) in [6.07, 6.45) is 0. The molecule has 22 heavy (non-hydrogen) atoms. The number of nitrogens with one attached hydrogen (secondary N) is 1. The molecule has 0 fully saturated rings. The molecule has 0 aliphatic carbocycles. The summed E-state index contributed by atoms with van der Waals surface area (Å²) < 4.78 is 5.73. The Morgan fingerprint density at radius 3 is 2.36 bits per heavy atom. The highest BCUT2D eigenvalue weighted by atomic mass is 35.5. The van der Waals surface area contributed by atoms with Crippen LogP contribution in [0, 0.1) is 0 Å². The van der Waals surface area contributed by atoms with Crippen LogP contribution in [0.1, 0.15) is 5.56 Å². The highest BCUT2D eigenvalue weighted by Gasteiger charge is 2.08. The van der Waals surface area contributed by atoms with Crippen molar-refractivity contribution < 1.29 is 4.74 Å². The molecule has 0 saturated carbocycles. The molecule has 2 aromatic carbocycles. The summed E-state index contributed by atoms with van der Waals surface area (Å²) in [7, 11) is 1.64. The number of rotatable bonds is 4. The SMILES string of the molecule is COc1ccc(CSC(=S)Nc2cc(Cl)c(Cl)cc2Cl)cc1. The van der Waals surface area contributed by atoms with Gasteiger partial charge in [0.1, 0.15) is 10.1 Å². The van der Waals surface area contributed by atoms with Crippen LogP contribution in [0.3, 0.4) is 0 Å². The van der Waals surface area contributed by atoms with Crippen molar-refractivity contribution in [1.29, 1.82) is 0 Å². The van der Waals surface area contributed by atoms with Gasteiger partial charge in [-0.15, -0.1) is 0 Å². The predicted molar refractivity (Wildman–Crippen MR) is 102 cm³/mol. The molecule has 1 N–H and O–H groups in total. The van der Waals surface area contributed by atoms with Gasteiger partial charge in [0, 0.05) is 5.75 Å². The second-order valence-corrected chi connectivity index (χ2v) is 7.17. The Morgan fingerprint density at radius 2 is 1.73 bits per heavy atom. The van der Waals surface area contributed by atoms with Crippen molar-refractivity contribution in [3.8, 4) is 5.75 Å². The molecular formula is C15H12Cl3NOS2. The van der Waals surface area contributed by atoms with Crippen molar-refractivity contribution in [2.75, 3.05) is 12.4 Å². The Labute approximate surface area is 154 Å². The number of halogens is 3. The lowest BCUT2D eigenvalue weighted by Crippen LogP contribution is -2.05. The third-order valence-corrected chi connectivity index (χ3v) is 5.11. The van der Waals surface area contributed by atoms with E-state index in [4.69, 9.17) is 51.8 Å². The molecule has 0 aliphatic rings. The molecule has 116 valence electrons. The average molecular weight is 393 g/mol. The topological polar surface area (TPSA) is 21.3 Å². The second-order valence-electron chi connectivity index (χ2n) is 4.30. The first-order valence-electron chi connectivity index (χ1n) is 6.21. The van der Waals surface area contributed by atoms with E-state index in [9.17, 15) is 0 Å². The molecule has 0 bridgehead atoms. The minimum atomic E-state index is 0.411. The van der Waals surface area contributed by atoms with Crippen LogP contribution in [0.4, 0.5) is 5.69 Å². The van der Waals surface area contributed by atoms with E-state index in [-0.39, 0.29) is 0 Å². The van der Waals surface area contributed by atoms with Crippen molar-refractivity contribution >= 4 is 68.8 Å². The van der Waals surface area contributed by atoms with Gasteiger partial charge in [-0.1, -0.05) is 70.9 Å². The van der Waals surface area contributed by atoms with Crippen molar-refractivity contribution in [2.45, 2.75) is 5.75 Å². The molecule has 0 heterocycles. The van der Waals surface area contributed by atoms with Crippen LogP contribution in [-0.4, -0.2) is 11.4 Å². The van der Waals surface area contributed by atoms with E-state index in [0.717, 1.165) is 17.1 Å². The Morgan fingerprint density at radius 1 is 1.09 bits per heavy atom. The molecule has 0 aromatic heterocycles. The van der Waals surface area contributed by atoms with E-state index < -0.39 is 0 Å². The fraction of sp³-hybridized carbons (Fsp3) is 0.133. The minimum absolute atomic E-state index is 0.411. The van der Waals surface area contributed by atoms with Crippen LogP contribution in [0.15, 0.2) is 36.4 Å². The van der Waals surface area contributed by atoms with Crippen LogP contribution in [0.25, 0.3) is 0 Å². The van der Waals surface area contributed by atoms with Crippen molar-refractivity contribution in [3.05, 3.63) is 57.0 Å². The minimum Gasteiger partial charge on any atom is -0.497 e. The molecule has 7 heteroatoms. The summed E-state index contributed by atoms with van der Waals surface area (Å²) in [5.74, 6) is 1.58. The van der Waals surface area contributed by atoms with E-state index in [1.54, 1.807) is 19.2 Å². The number of methoxy groups -OCH3 is 1. The van der Waals surface area contributed by atoms with E-state index in [2.05, 4.69) is 5.32 Å². The number of ether oxygens (including phenoxy) is 1. The molecule has 0 amide bonds. The zero-order valence-electron chi connectivity index (χ0n) is 11.5. The molecule has 2 rings (SSSR count). The summed E-state index contributed by atoms with van der Waals surface area (Å²) in [5.41, 5.74) is 1.79. The van der Waals surface area contributed by atoms with Crippen molar-refractivity contribution in [1.82, 2.24) is 0 Å². The Hall–Kier alpha value is -0.650. The number of anilines is 1. The molecular weight excluding hydrogens is 381 g/mol. The molecule has 0 radical (unpaired) electrons. The zero-order valence-corrected chi connectivity index (χ0v) is 15.4. The van der Waals surface area contributed by atoms with Crippen LogP contribution in [-0.2, 0) is 5.75 Å².